The molecule has 0 aliphatic heterocycles. The van der Waals surface area contributed by atoms with Gasteiger partial charge in [-0.15, -0.1) is 0 Å². The molecule has 5 heteroatoms. The molecule has 2 rings (SSSR count). The standard InChI is InChI=1S/C11H12N4O/c1-7-4-9(16)2-3-10(7)15-6-8(5-14-15)11(12)13/h2-6,16H,1H3,(H3,12,13). The summed E-state index contributed by atoms with van der Waals surface area (Å²) in [4.78, 5) is 0. The lowest BCUT2D eigenvalue weighted by atomic mass is 10.2. The van der Waals surface area contributed by atoms with E-state index in [9.17, 15) is 5.11 Å². The Morgan fingerprint density at radius 2 is 2.25 bits per heavy atom. The van der Waals surface area contributed by atoms with Crippen molar-refractivity contribution in [1.82, 2.24) is 9.78 Å². The first-order valence-corrected chi connectivity index (χ1v) is 4.77. The van der Waals surface area contributed by atoms with E-state index in [2.05, 4.69) is 5.10 Å². The Hall–Kier alpha value is -2.30. The van der Waals surface area contributed by atoms with Crippen LogP contribution in [0, 0.1) is 12.3 Å². The van der Waals surface area contributed by atoms with Gasteiger partial charge >= 0.3 is 0 Å². The highest BCUT2D eigenvalue weighted by Crippen LogP contribution is 2.19. The molecule has 0 atom stereocenters. The molecular formula is C11H12N4O. The number of rotatable bonds is 2. The summed E-state index contributed by atoms with van der Waals surface area (Å²) >= 11 is 0. The Morgan fingerprint density at radius 3 is 2.81 bits per heavy atom. The van der Waals surface area contributed by atoms with Crippen LogP contribution in [-0.4, -0.2) is 20.7 Å². The summed E-state index contributed by atoms with van der Waals surface area (Å²) in [6.45, 7) is 1.88. The van der Waals surface area contributed by atoms with Crippen LogP contribution in [0.2, 0.25) is 0 Å². The first-order chi connectivity index (χ1) is 7.58. The number of nitrogens with one attached hydrogen (secondary N) is 1. The normalized spacial score (nSPS) is 10.3. The number of benzene rings is 1. The van der Waals surface area contributed by atoms with E-state index >= 15 is 0 Å². The minimum atomic E-state index is -0.0114. The van der Waals surface area contributed by atoms with Crippen molar-refractivity contribution >= 4 is 5.84 Å². The second-order valence-electron chi connectivity index (χ2n) is 3.56. The minimum Gasteiger partial charge on any atom is -0.508 e. The lowest BCUT2D eigenvalue weighted by Gasteiger charge is -2.05. The van der Waals surface area contributed by atoms with Crippen molar-refractivity contribution in [2.75, 3.05) is 0 Å². The summed E-state index contributed by atoms with van der Waals surface area (Å²) < 4.78 is 1.63. The third-order valence-electron chi connectivity index (χ3n) is 2.32. The van der Waals surface area contributed by atoms with Crippen LogP contribution in [-0.2, 0) is 0 Å². The van der Waals surface area contributed by atoms with Crippen LogP contribution in [0.15, 0.2) is 30.6 Å². The van der Waals surface area contributed by atoms with E-state index < -0.39 is 0 Å². The zero-order valence-corrected chi connectivity index (χ0v) is 8.81. The van der Waals surface area contributed by atoms with Gasteiger partial charge in [0.1, 0.15) is 11.6 Å². The second-order valence-corrected chi connectivity index (χ2v) is 3.56. The quantitative estimate of drug-likeness (QED) is 0.520. The number of amidine groups is 1. The van der Waals surface area contributed by atoms with Gasteiger partial charge < -0.3 is 10.8 Å². The summed E-state index contributed by atoms with van der Waals surface area (Å²) in [7, 11) is 0. The maximum Gasteiger partial charge on any atom is 0.126 e. The van der Waals surface area contributed by atoms with Gasteiger partial charge in [0.05, 0.1) is 17.4 Å². The topological polar surface area (TPSA) is 87.9 Å². The first-order valence-electron chi connectivity index (χ1n) is 4.77. The third kappa shape index (κ3) is 1.75. The number of phenolic OH excluding ortho intramolecular Hbond substituents is 1. The Morgan fingerprint density at radius 1 is 1.50 bits per heavy atom. The van der Waals surface area contributed by atoms with Crippen LogP contribution in [0.4, 0.5) is 0 Å². The van der Waals surface area contributed by atoms with Gasteiger partial charge in [0.2, 0.25) is 0 Å². The molecule has 2 aromatic rings. The summed E-state index contributed by atoms with van der Waals surface area (Å²) in [5, 5.41) is 20.7. The molecule has 0 amide bonds. The van der Waals surface area contributed by atoms with Gasteiger partial charge in [-0.2, -0.15) is 5.10 Å². The molecule has 0 saturated carbocycles. The lowest BCUT2D eigenvalue weighted by Crippen LogP contribution is -2.09. The minimum absolute atomic E-state index is 0.0114. The monoisotopic (exact) mass is 216 g/mol. The van der Waals surface area contributed by atoms with Gasteiger partial charge in [-0.25, -0.2) is 4.68 Å². The summed E-state index contributed by atoms with van der Waals surface area (Å²) in [6, 6.07) is 5.02. The highest BCUT2D eigenvalue weighted by molar-refractivity contribution is 5.94. The Balaban J connectivity index is 2.46. The van der Waals surface area contributed by atoms with Crippen molar-refractivity contribution in [3.8, 4) is 11.4 Å². The number of nitrogen functional groups attached to an aromatic ring is 1. The average Bonchev–Trinajstić information content (AvgIpc) is 2.66. The van der Waals surface area contributed by atoms with Crippen molar-refractivity contribution in [2.45, 2.75) is 6.92 Å². The third-order valence-corrected chi connectivity index (χ3v) is 2.32. The van der Waals surface area contributed by atoms with Crippen LogP contribution >= 0.6 is 0 Å². The Bertz CT molecular complexity index is 545. The number of hydrogen-bond acceptors (Lipinski definition) is 3. The summed E-state index contributed by atoms with van der Waals surface area (Å²) in [5.74, 6) is 0.211. The van der Waals surface area contributed by atoms with Crippen LogP contribution < -0.4 is 5.73 Å². The number of aryl methyl sites for hydroxylation is 1. The predicted molar refractivity (Wildman–Crippen MR) is 61.0 cm³/mol. The first kappa shape index (κ1) is 10.2. The van der Waals surface area contributed by atoms with E-state index in [4.69, 9.17) is 11.1 Å². The van der Waals surface area contributed by atoms with Gasteiger partial charge in [-0.05, 0) is 30.7 Å². The molecule has 0 bridgehead atoms. The molecule has 5 nitrogen and oxygen atoms in total. The second kappa shape index (κ2) is 3.69. The van der Waals surface area contributed by atoms with Gasteiger partial charge in [0.25, 0.3) is 0 Å². The van der Waals surface area contributed by atoms with Gasteiger partial charge in [-0.1, -0.05) is 0 Å². The highest BCUT2D eigenvalue weighted by Gasteiger charge is 2.05. The van der Waals surface area contributed by atoms with Crippen LogP contribution in [0.25, 0.3) is 5.69 Å². The highest BCUT2D eigenvalue weighted by atomic mass is 16.3. The molecule has 1 heterocycles. The molecule has 0 aliphatic rings. The molecule has 0 radical (unpaired) electrons. The van der Waals surface area contributed by atoms with E-state index in [1.54, 1.807) is 29.1 Å². The molecule has 16 heavy (non-hydrogen) atoms. The summed E-state index contributed by atoms with van der Waals surface area (Å²) in [5.41, 5.74) is 7.69. The molecule has 0 fully saturated rings. The fourth-order valence-corrected chi connectivity index (χ4v) is 1.49. The van der Waals surface area contributed by atoms with Crippen molar-refractivity contribution in [2.24, 2.45) is 5.73 Å². The van der Waals surface area contributed by atoms with E-state index in [1.807, 2.05) is 6.92 Å². The zero-order chi connectivity index (χ0) is 11.7. The molecule has 0 spiro atoms. The number of nitrogens with zero attached hydrogens (tertiary/aromatic N) is 2. The molecular weight excluding hydrogens is 204 g/mol. The lowest BCUT2D eigenvalue weighted by molar-refractivity contribution is 0.474. The van der Waals surface area contributed by atoms with Gasteiger partial charge in [0, 0.05) is 6.20 Å². The van der Waals surface area contributed by atoms with Crippen molar-refractivity contribution in [1.29, 1.82) is 5.41 Å². The maximum atomic E-state index is 9.29. The fourth-order valence-electron chi connectivity index (χ4n) is 1.49. The molecule has 82 valence electrons. The summed E-state index contributed by atoms with van der Waals surface area (Å²) in [6.07, 6.45) is 3.22. The number of hydrogen-bond donors (Lipinski definition) is 3. The SMILES string of the molecule is Cc1cc(O)ccc1-n1cc(C(=N)N)cn1. The van der Waals surface area contributed by atoms with Crippen molar-refractivity contribution < 1.29 is 5.11 Å². The molecule has 1 aromatic carbocycles. The van der Waals surface area contributed by atoms with E-state index in [0.29, 0.717) is 5.56 Å². The molecule has 4 N–H and O–H groups in total. The zero-order valence-electron chi connectivity index (χ0n) is 8.81. The number of aromatic hydroxyl groups is 1. The predicted octanol–water partition coefficient (Wildman–Crippen LogP) is 1.17. The van der Waals surface area contributed by atoms with Crippen LogP contribution in [0.1, 0.15) is 11.1 Å². The van der Waals surface area contributed by atoms with Crippen molar-refractivity contribution in [3.63, 3.8) is 0 Å². The maximum absolute atomic E-state index is 9.29. The Labute approximate surface area is 92.6 Å². The number of aromatic nitrogens is 2. The van der Waals surface area contributed by atoms with E-state index in [0.717, 1.165) is 11.3 Å². The smallest absolute Gasteiger partial charge is 0.126 e. The average molecular weight is 216 g/mol. The van der Waals surface area contributed by atoms with Gasteiger partial charge in [0.15, 0.2) is 0 Å². The molecule has 0 unspecified atom stereocenters. The number of nitrogens with two attached hydrogens (primary N) is 1. The van der Waals surface area contributed by atoms with Crippen molar-refractivity contribution in [3.05, 3.63) is 41.7 Å². The molecule has 1 aromatic heterocycles. The largest absolute Gasteiger partial charge is 0.508 e. The van der Waals surface area contributed by atoms with E-state index in [-0.39, 0.29) is 11.6 Å². The fraction of sp³-hybridized carbons (Fsp3) is 0.0909. The molecule has 0 aliphatic carbocycles. The number of phenols is 1. The van der Waals surface area contributed by atoms with Crippen LogP contribution in [0.3, 0.4) is 0 Å². The van der Waals surface area contributed by atoms with E-state index in [1.165, 1.54) is 6.20 Å². The Kier molecular flexibility index (Phi) is 2.36. The molecule has 0 saturated heterocycles. The van der Waals surface area contributed by atoms with Crippen LogP contribution in [0.5, 0.6) is 5.75 Å². The van der Waals surface area contributed by atoms with Gasteiger partial charge in [-0.3, -0.25) is 5.41 Å².